The number of nitrogens with zero attached hydrogens (tertiary/aromatic N) is 2. The number of aromatic nitrogens is 2. The molecule has 0 unspecified atom stereocenters. The quantitative estimate of drug-likeness (QED) is 0.845. The highest BCUT2D eigenvalue weighted by atomic mass is 16.2. The van der Waals surface area contributed by atoms with Crippen LogP contribution in [0.1, 0.15) is 15.9 Å². The zero-order chi connectivity index (χ0) is 13.8. The van der Waals surface area contributed by atoms with Crippen LogP contribution in [0.2, 0.25) is 0 Å². The smallest absolute Gasteiger partial charge is 0.258 e. The first-order valence-electron chi connectivity index (χ1n) is 5.72. The van der Waals surface area contributed by atoms with Gasteiger partial charge in [0, 0.05) is 18.9 Å². The summed E-state index contributed by atoms with van der Waals surface area (Å²) in [6.07, 6.45) is 3.32. The Bertz CT molecular complexity index is 601. The molecule has 0 spiro atoms. The minimum Gasteiger partial charge on any atom is -0.369 e. The van der Waals surface area contributed by atoms with Gasteiger partial charge in [0.25, 0.3) is 5.91 Å². The summed E-state index contributed by atoms with van der Waals surface area (Å²) in [5, 5.41) is 6.67. The third-order valence-electron chi connectivity index (χ3n) is 2.56. The molecule has 6 nitrogen and oxygen atoms in total. The summed E-state index contributed by atoms with van der Waals surface area (Å²) < 4.78 is 1.56. The fourth-order valence-electron chi connectivity index (χ4n) is 1.65. The van der Waals surface area contributed by atoms with Crippen molar-refractivity contribution < 1.29 is 9.59 Å². The van der Waals surface area contributed by atoms with Crippen LogP contribution in [0.25, 0.3) is 0 Å². The molecule has 3 N–H and O–H groups in total. The Morgan fingerprint density at radius 1 is 1.32 bits per heavy atom. The second-order valence-corrected chi connectivity index (χ2v) is 4.20. The van der Waals surface area contributed by atoms with E-state index in [4.69, 9.17) is 5.73 Å². The third kappa shape index (κ3) is 3.41. The van der Waals surface area contributed by atoms with Gasteiger partial charge in [0.2, 0.25) is 5.91 Å². The number of amides is 2. The summed E-state index contributed by atoms with van der Waals surface area (Å²) in [6, 6.07) is 6.96. The summed E-state index contributed by atoms with van der Waals surface area (Å²) in [5.74, 6) is -0.608. The Hall–Kier alpha value is -2.63. The van der Waals surface area contributed by atoms with Crippen LogP contribution in [-0.4, -0.2) is 21.6 Å². The Labute approximate surface area is 110 Å². The van der Waals surface area contributed by atoms with Gasteiger partial charge < -0.3 is 11.1 Å². The Balaban J connectivity index is 2.03. The lowest BCUT2D eigenvalue weighted by molar-refractivity contribution is -0.117. The fraction of sp³-hybridized carbons (Fsp3) is 0.154. The van der Waals surface area contributed by atoms with E-state index in [1.807, 2.05) is 0 Å². The van der Waals surface area contributed by atoms with Crippen molar-refractivity contribution in [2.45, 2.75) is 6.42 Å². The van der Waals surface area contributed by atoms with Gasteiger partial charge in [-0.05, 0) is 17.7 Å². The van der Waals surface area contributed by atoms with E-state index < -0.39 is 0 Å². The molecule has 2 amide bonds. The van der Waals surface area contributed by atoms with E-state index in [1.54, 1.807) is 42.2 Å². The number of nitrogens with two attached hydrogens (primary N) is 1. The number of hydrogen-bond donors (Lipinski definition) is 2. The zero-order valence-electron chi connectivity index (χ0n) is 10.5. The first-order valence-corrected chi connectivity index (χ1v) is 5.72. The lowest BCUT2D eigenvalue weighted by atomic mass is 10.1. The summed E-state index contributed by atoms with van der Waals surface area (Å²) in [5.41, 5.74) is 7.06. The molecule has 0 bridgehead atoms. The fourth-order valence-corrected chi connectivity index (χ4v) is 1.65. The average Bonchev–Trinajstić information content (AvgIpc) is 2.78. The van der Waals surface area contributed by atoms with Crippen LogP contribution in [-0.2, 0) is 18.3 Å². The second-order valence-electron chi connectivity index (χ2n) is 4.20. The maximum absolute atomic E-state index is 11.9. The molecule has 6 heteroatoms. The summed E-state index contributed by atoms with van der Waals surface area (Å²) in [4.78, 5) is 22.6. The molecule has 0 aliphatic carbocycles. The molecule has 0 saturated heterocycles. The minimum atomic E-state index is -0.382. The first-order chi connectivity index (χ1) is 9.04. The standard InChI is InChI=1S/C13H14N4O2/c1-17-8-10(7-15-17)13(19)16-11-4-2-9(3-5-11)6-12(14)18/h2-5,7-8H,6H2,1H3,(H2,14,18)(H,16,19). The maximum Gasteiger partial charge on any atom is 0.258 e. The summed E-state index contributed by atoms with van der Waals surface area (Å²) >= 11 is 0. The third-order valence-corrected chi connectivity index (χ3v) is 2.56. The van der Waals surface area contributed by atoms with Gasteiger partial charge in [-0.2, -0.15) is 5.10 Å². The van der Waals surface area contributed by atoms with Gasteiger partial charge in [-0.15, -0.1) is 0 Å². The molecule has 0 aliphatic heterocycles. The topological polar surface area (TPSA) is 90.0 Å². The molecule has 0 atom stereocenters. The molecule has 19 heavy (non-hydrogen) atoms. The molecule has 0 saturated carbocycles. The van der Waals surface area contributed by atoms with E-state index in [0.717, 1.165) is 5.56 Å². The molecular weight excluding hydrogens is 244 g/mol. The molecule has 1 aromatic carbocycles. The number of rotatable bonds is 4. The van der Waals surface area contributed by atoms with Crippen molar-refractivity contribution >= 4 is 17.5 Å². The van der Waals surface area contributed by atoms with Crippen LogP contribution in [0.3, 0.4) is 0 Å². The molecule has 2 rings (SSSR count). The molecule has 98 valence electrons. The van der Waals surface area contributed by atoms with Crippen LogP contribution >= 0.6 is 0 Å². The van der Waals surface area contributed by atoms with Gasteiger partial charge in [0.05, 0.1) is 18.2 Å². The van der Waals surface area contributed by atoms with Crippen molar-refractivity contribution in [3.63, 3.8) is 0 Å². The number of benzene rings is 1. The molecule has 0 aliphatic rings. The molecule has 1 heterocycles. The Morgan fingerprint density at radius 2 is 2.00 bits per heavy atom. The highest BCUT2D eigenvalue weighted by molar-refractivity contribution is 6.03. The molecular formula is C13H14N4O2. The minimum absolute atomic E-state index is 0.191. The largest absolute Gasteiger partial charge is 0.369 e. The Morgan fingerprint density at radius 3 is 2.53 bits per heavy atom. The van der Waals surface area contributed by atoms with Crippen molar-refractivity contribution in [2.24, 2.45) is 12.8 Å². The first kappa shape index (κ1) is 12.8. The van der Waals surface area contributed by atoms with E-state index >= 15 is 0 Å². The highest BCUT2D eigenvalue weighted by Gasteiger charge is 2.08. The van der Waals surface area contributed by atoms with Crippen LogP contribution in [0.4, 0.5) is 5.69 Å². The predicted molar refractivity (Wildman–Crippen MR) is 70.5 cm³/mol. The lowest BCUT2D eigenvalue weighted by Gasteiger charge is -2.04. The zero-order valence-corrected chi connectivity index (χ0v) is 10.5. The molecule has 0 radical (unpaired) electrons. The number of hydrogen-bond acceptors (Lipinski definition) is 3. The van der Waals surface area contributed by atoms with Crippen LogP contribution in [0, 0.1) is 0 Å². The second kappa shape index (κ2) is 5.34. The average molecular weight is 258 g/mol. The molecule has 1 aromatic heterocycles. The predicted octanol–water partition coefficient (Wildman–Crippen LogP) is 0.700. The number of carbonyl (C=O) groups is 2. The number of nitrogens with one attached hydrogen (secondary N) is 1. The van der Waals surface area contributed by atoms with Gasteiger partial charge in [0.1, 0.15) is 0 Å². The van der Waals surface area contributed by atoms with E-state index in [0.29, 0.717) is 11.3 Å². The van der Waals surface area contributed by atoms with Crippen LogP contribution < -0.4 is 11.1 Å². The summed E-state index contributed by atoms with van der Waals surface area (Å²) in [7, 11) is 1.75. The normalized spacial score (nSPS) is 10.2. The molecule has 0 fully saturated rings. The maximum atomic E-state index is 11.9. The highest BCUT2D eigenvalue weighted by Crippen LogP contribution is 2.11. The van der Waals surface area contributed by atoms with Gasteiger partial charge >= 0.3 is 0 Å². The van der Waals surface area contributed by atoms with Crippen molar-refractivity contribution in [1.29, 1.82) is 0 Å². The SMILES string of the molecule is Cn1cc(C(=O)Nc2ccc(CC(N)=O)cc2)cn1. The number of aryl methyl sites for hydroxylation is 1. The van der Waals surface area contributed by atoms with E-state index in [1.165, 1.54) is 6.20 Å². The van der Waals surface area contributed by atoms with Crippen molar-refractivity contribution in [2.75, 3.05) is 5.32 Å². The van der Waals surface area contributed by atoms with Gasteiger partial charge in [-0.1, -0.05) is 12.1 Å². The number of primary amides is 1. The monoisotopic (exact) mass is 258 g/mol. The van der Waals surface area contributed by atoms with E-state index in [-0.39, 0.29) is 18.2 Å². The van der Waals surface area contributed by atoms with Crippen LogP contribution in [0.5, 0.6) is 0 Å². The lowest BCUT2D eigenvalue weighted by Crippen LogP contribution is -2.14. The van der Waals surface area contributed by atoms with Crippen molar-refractivity contribution in [3.05, 3.63) is 47.8 Å². The summed E-state index contributed by atoms with van der Waals surface area (Å²) in [6.45, 7) is 0. The van der Waals surface area contributed by atoms with E-state index in [9.17, 15) is 9.59 Å². The van der Waals surface area contributed by atoms with Crippen molar-refractivity contribution in [3.8, 4) is 0 Å². The van der Waals surface area contributed by atoms with Gasteiger partial charge in [-0.25, -0.2) is 0 Å². The van der Waals surface area contributed by atoms with Crippen LogP contribution in [0.15, 0.2) is 36.7 Å². The Kier molecular flexibility index (Phi) is 3.61. The number of anilines is 1. The van der Waals surface area contributed by atoms with Crippen molar-refractivity contribution in [1.82, 2.24) is 9.78 Å². The van der Waals surface area contributed by atoms with E-state index in [2.05, 4.69) is 10.4 Å². The van der Waals surface area contributed by atoms with Gasteiger partial charge in [0.15, 0.2) is 0 Å². The molecule has 2 aromatic rings. The number of carbonyl (C=O) groups excluding carboxylic acids is 2. The van der Waals surface area contributed by atoms with Gasteiger partial charge in [-0.3, -0.25) is 14.3 Å².